The lowest BCUT2D eigenvalue weighted by molar-refractivity contribution is -0.136. The van der Waals surface area contributed by atoms with Gasteiger partial charge in [0.05, 0.1) is 10.7 Å². The molecule has 0 aromatic heterocycles. The van der Waals surface area contributed by atoms with Gasteiger partial charge in [0.1, 0.15) is 11.6 Å². The van der Waals surface area contributed by atoms with Crippen LogP contribution >= 0.6 is 11.6 Å². The Kier molecular flexibility index (Phi) is 5.65. The zero-order valence-electron chi connectivity index (χ0n) is 17.7. The summed E-state index contributed by atoms with van der Waals surface area (Å²) in [6, 6.07) is 12.8. The van der Waals surface area contributed by atoms with Crippen molar-refractivity contribution >= 4 is 35.1 Å². The van der Waals surface area contributed by atoms with Gasteiger partial charge in [-0.2, -0.15) is 0 Å². The number of urea groups is 1. The second kappa shape index (κ2) is 7.76. The van der Waals surface area contributed by atoms with Crippen LogP contribution in [0.2, 0.25) is 5.02 Å². The first kappa shape index (κ1) is 21.8. The third-order valence-corrected chi connectivity index (χ3v) is 5.78. The Bertz CT molecular complexity index is 997. The number of para-hydroxylation sites is 1. The molecule has 2 N–H and O–H groups in total. The van der Waals surface area contributed by atoms with Crippen LogP contribution in [0, 0.1) is 0 Å². The number of carbonyl (C=O) groups excluding carboxylic acids is 3. The predicted octanol–water partition coefficient (Wildman–Crippen LogP) is 4.43. The third kappa shape index (κ3) is 3.92. The van der Waals surface area contributed by atoms with Gasteiger partial charge in [-0.05, 0) is 42.5 Å². The van der Waals surface area contributed by atoms with Gasteiger partial charge in [0.2, 0.25) is 5.91 Å². The van der Waals surface area contributed by atoms with E-state index in [-0.39, 0.29) is 5.41 Å². The van der Waals surface area contributed by atoms with Gasteiger partial charge in [0.15, 0.2) is 0 Å². The molecular weight excluding hydrogens is 402 g/mol. The minimum absolute atomic E-state index is 0.0281. The van der Waals surface area contributed by atoms with Crippen molar-refractivity contribution in [2.45, 2.75) is 51.6 Å². The Morgan fingerprint density at radius 1 is 1.10 bits per heavy atom. The molecule has 1 saturated heterocycles. The maximum absolute atomic E-state index is 13.2. The minimum Gasteiger partial charge on any atom is -0.323 e. The number of imide groups is 1. The normalized spacial score (nSPS) is 20.1. The molecule has 0 spiro atoms. The highest BCUT2D eigenvalue weighted by molar-refractivity contribution is 6.33. The monoisotopic (exact) mass is 427 g/mol. The zero-order valence-corrected chi connectivity index (χ0v) is 18.5. The SMILES string of the molecule is CC(C(=O)Nc1ccccc1Cl)N1C(=O)NC(C)(c2ccc(C(C)(C)C)cc2)C1=O. The smallest absolute Gasteiger partial charge is 0.323 e. The number of hydrogen-bond donors (Lipinski definition) is 2. The van der Waals surface area contributed by atoms with Crippen LogP contribution in [0.3, 0.4) is 0 Å². The van der Waals surface area contributed by atoms with Crippen LogP contribution in [0.5, 0.6) is 0 Å². The summed E-state index contributed by atoms with van der Waals surface area (Å²) >= 11 is 6.09. The largest absolute Gasteiger partial charge is 0.326 e. The molecule has 7 heteroatoms. The van der Waals surface area contributed by atoms with E-state index in [1.165, 1.54) is 6.92 Å². The summed E-state index contributed by atoms with van der Waals surface area (Å²) < 4.78 is 0. The molecule has 0 radical (unpaired) electrons. The van der Waals surface area contributed by atoms with Crippen molar-refractivity contribution in [3.63, 3.8) is 0 Å². The van der Waals surface area contributed by atoms with Gasteiger partial charge >= 0.3 is 6.03 Å². The third-order valence-electron chi connectivity index (χ3n) is 5.45. The van der Waals surface area contributed by atoms with Gasteiger partial charge in [0.25, 0.3) is 5.91 Å². The summed E-state index contributed by atoms with van der Waals surface area (Å²) in [5.41, 5.74) is 0.932. The fraction of sp³-hybridized carbons (Fsp3) is 0.348. The number of nitrogens with zero attached hydrogens (tertiary/aromatic N) is 1. The molecule has 2 unspecified atom stereocenters. The lowest BCUT2D eigenvalue weighted by Gasteiger charge is -2.26. The Balaban J connectivity index is 1.83. The highest BCUT2D eigenvalue weighted by Crippen LogP contribution is 2.32. The Morgan fingerprint density at radius 2 is 1.70 bits per heavy atom. The highest BCUT2D eigenvalue weighted by atomic mass is 35.5. The van der Waals surface area contributed by atoms with Crippen molar-refractivity contribution in [1.82, 2.24) is 10.2 Å². The summed E-state index contributed by atoms with van der Waals surface area (Å²) in [7, 11) is 0. The lowest BCUT2D eigenvalue weighted by Crippen LogP contribution is -2.47. The van der Waals surface area contributed by atoms with Crippen molar-refractivity contribution in [2.75, 3.05) is 5.32 Å². The fourth-order valence-corrected chi connectivity index (χ4v) is 3.61. The number of carbonyl (C=O) groups is 3. The molecule has 2 aromatic rings. The quantitative estimate of drug-likeness (QED) is 0.708. The summed E-state index contributed by atoms with van der Waals surface area (Å²) in [6.07, 6.45) is 0. The molecule has 0 aliphatic carbocycles. The van der Waals surface area contributed by atoms with E-state index in [9.17, 15) is 14.4 Å². The lowest BCUT2D eigenvalue weighted by atomic mass is 9.84. The molecule has 0 bridgehead atoms. The molecule has 158 valence electrons. The molecule has 1 aliphatic rings. The van der Waals surface area contributed by atoms with E-state index in [2.05, 4.69) is 31.4 Å². The summed E-state index contributed by atoms with van der Waals surface area (Å²) in [5, 5.41) is 5.80. The zero-order chi connectivity index (χ0) is 22.3. The van der Waals surface area contributed by atoms with Gasteiger partial charge in [0, 0.05) is 0 Å². The molecule has 4 amide bonds. The molecule has 6 nitrogen and oxygen atoms in total. The van der Waals surface area contributed by atoms with Crippen LogP contribution in [0.15, 0.2) is 48.5 Å². The highest BCUT2D eigenvalue weighted by Gasteiger charge is 2.51. The first-order valence-electron chi connectivity index (χ1n) is 9.77. The average molecular weight is 428 g/mol. The van der Waals surface area contributed by atoms with Crippen molar-refractivity contribution in [3.05, 3.63) is 64.7 Å². The van der Waals surface area contributed by atoms with Gasteiger partial charge in [-0.15, -0.1) is 0 Å². The van der Waals surface area contributed by atoms with E-state index in [4.69, 9.17) is 11.6 Å². The van der Waals surface area contributed by atoms with Crippen LogP contribution in [-0.4, -0.2) is 28.8 Å². The molecule has 2 atom stereocenters. The van der Waals surface area contributed by atoms with Crippen LogP contribution in [-0.2, 0) is 20.5 Å². The van der Waals surface area contributed by atoms with Crippen molar-refractivity contribution in [2.24, 2.45) is 0 Å². The average Bonchev–Trinajstić information content (AvgIpc) is 2.92. The van der Waals surface area contributed by atoms with E-state index >= 15 is 0 Å². The minimum atomic E-state index is -1.24. The van der Waals surface area contributed by atoms with Gasteiger partial charge in [-0.3, -0.25) is 9.59 Å². The molecule has 2 aromatic carbocycles. The Morgan fingerprint density at radius 3 is 2.27 bits per heavy atom. The second-order valence-electron chi connectivity index (χ2n) is 8.70. The number of benzene rings is 2. The molecule has 0 saturated carbocycles. The van der Waals surface area contributed by atoms with Gasteiger partial charge in [-0.1, -0.05) is 68.8 Å². The molecule has 1 fully saturated rings. The number of nitrogens with one attached hydrogen (secondary N) is 2. The molecular formula is C23H26ClN3O3. The first-order valence-corrected chi connectivity index (χ1v) is 10.1. The second-order valence-corrected chi connectivity index (χ2v) is 9.11. The number of halogens is 1. The summed E-state index contributed by atoms with van der Waals surface area (Å²) in [4.78, 5) is 39.5. The summed E-state index contributed by atoms with van der Waals surface area (Å²) in [6.45, 7) is 9.48. The van der Waals surface area contributed by atoms with Crippen molar-refractivity contribution < 1.29 is 14.4 Å². The summed E-state index contributed by atoms with van der Waals surface area (Å²) in [5.74, 6) is -0.975. The van der Waals surface area contributed by atoms with Gasteiger partial charge < -0.3 is 10.6 Å². The fourth-order valence-electron chi connectivity index (χ4n) is 3.43. The van der Waals surface area contributed by atoms with Crippen LogP contribution < -0.4 is 10.6 Å². The van der Waals surface area contributed by atoms with E-state index in [1.54, 1.807) is 31.2 Å². The van der Waals surface area contributed by atoms with Gasteiger partial charge in [-0.25, -0.2) is 9.69 Å². The number of rotatable bonds is 4. The van der Waals surface area contributed by atoms with E-state index < -0.39 is 29.4 Å². The molecule has 1 heterocycles. The first-order chi connectivity index (χ1) is 13.9. The van der Waals surface area contributed by atoms with Crippen LogP contribution in [0.4, 0.5) is 10.5 Å². The standard InChI is InChI=1S/C23H26ClN3O3/c1-14(19(28)25-18-9-7-6-8-17(18)24)27-20(29)23(5,26-21(27)30)16-12-10-15(11-13-16)22(2,3)4/h6-14H,1-5H3,(H,25,28)(H,26,30). The molecule has 30 heavy (non-hydrogen) atoms. The van der Waals surface area contributed by atoms with Crippen molar-refractivity contribution in [1.29, 1.82) is 0 Å². The Labute approximate surface area is 181 Å². The maximum Gasteiger partial charge on any atom is 0.326 e. The maximum atomic E-state index is 13.2. The van der Waals surface area contributed by atoms with Crippen molar-refractivity contribution in [3.8, 4) is 0 Å². The molecule has 3 rings (SSSR count). The predicted molar refractivity (Wildman–Crippen MR) is 117 cm³/mol. The van der Waals surface area contributed by atoms with E-state index in [0.717, 1.165) is 10.5 Å². The van der Waals surface area contributed by atoms with E-state index in [0.29, 0.717) is 16.3 Å². The molecule has 1 aliphatic heterocycles. The topological polar surface area (TPSA) is 78.5 Å². The van der Waals surface area contributed by atoms with Crippen LogP contribution in [0.25, 0.3) is 0 Å². The number of amides is 4. The van der Waals surface area contributed by atoms with E-state index in [1.807, 2.05) is 24.3 Å². The number of hydrogen-bond acceptors (Lipinski definition) is 3. The number of anilines is 1. The Hall–Kier alpha value is -2.86. The van der Waals surface area contributed by atoms with Crippen LogP contribution in [0.1, 0.15) is 45.7 Å².